The van der Waals surface area contributed by atoms with Crippen molar-refractivity contribution in [1.29, 1.82) is 5.26 Å². The van der Waals surface area contributed by atoms with Crippen molar-refractivity contribution < 1.29 is 14.6 Å². The lowest BCUT2D eigenvalue weighted by molar-refractivity contribution is 0.0696. The van der Waals surface area contributed by atoms with Gasteiger partial charge in [0, 0.05) is 5.56 Å². The third-order valence-corrected chi connectivity index (χ3v) is 4.29. The molecular weight excluding hydrogens is 342 g/mol. The molecular formula is C21H19N3O3. The molecule has 2 aromatic carbocycles. The first-order valence-electron chi connectivity index (χ1n) is 8.59. The molecule has 0 unspecified atom stereocenters. The summed E-state index contributed by atoms with van der Waals surface area (Å²) in [5.74, 6) is -0.300. The lowest BCUT2D eigenvalue weighted by Gasteiger charge is -2.08. The third-order valence-electron chi connectivity index (χ3n) is 4.29. The van der Waals surface area contributed by atoms with Crippen molar-refractivity contribution in [3.8, 4) is 28.8 Å². The quantitative estimate of drug-likeness (QED) is 0.715. The highest BCUT2D eigenvalue weighted by Crippen LogP contribution is 2.29. The predicted molar refractivity (Wildman–Crippen MR) is 101 cm³/mol. The molecule has 0 bridgehead atoms. The zero-order chi connectivity index (χ0) is 19.4. The van der Waals surface area contributed by atoms with Crippen LogP contribution in [0.5, 0.6) is 5.75 Å². The highest BCUT2D eigenvalue weighted by Gasteiger charge is 2.24. The van der Waals surface area contributed by atoms with Gasteiger partial charge in [0.15, 0.2) is 0 Å². The number of carboxylic acids is 1. The van der Waals surface area contributed by atoms with Crippen LogP contribution in [0.2, 0.25) is 0 Å². The fraction of sp³-hybridized carbons (Fsp3) is 0.190. The molecule has 1 heterocycles. The van der Waals surface area contributed by atoms with Crippen LogP contribution in [0, 0.1) is 11.3 Å². The van der Waals surface area contributed by atoms with Gasteiger partial charge in [-0.2, -0.15) is 10.4 Å². The van der Waals surface area contributed by atoms with E-state index in [1.54, 1.807) is 36.1 Å². The maximum absolute atomic E-state index is 12.0. The second kappa shape index (κ2) is 7.75. The van der Waals surface area contributed by atoms with Crippen LogP contribution < -0.4 is 4.74 Å². The van der Waals surface area contributed by atoms with Crippen molar-refractivity contribution in [3.05, 3.63) is 65.4 Å². The van der Waals surface area contributed by atoms with E-state index in [0.717, 1.165) is 12.1 Å². The summed E-state index contributed by atoms with van der Waals surface area (Å²) >= 11 is 0. The van der Waals surface area contributed by atoms with Crippen LogP contribution in [-0.4, -0.2) is 28.0 Å². The van der Waals surface area contributed by atoms with Crippen LogP contribution in [0.1, 0.15) is 35.0 Å². The Bertz CT molecular complexity index is 997. The van der Waals surface area contributed by atoms with E-state index in [0.29, 0.717) is 34.7 Å². The molecule has 0 radical (unpaired) electrons. The van der Waals surface area contributed by atoms with Crippen molar-refractivity contribution in [2.24, 2.45) is 0 Å². The van der Waals surface area contributed by atoms with Gasteiger partial charge in [0.25, 0.3) is 0 Å². The lowest BCUT2D eigenvalue weighted by Crippen LogP contribution is -2.06. The van der Waals surface area contributed by atoms with Crippen molar-refractivity contribution in [3.63, 3.8) is 0 Å². The van der Waals surface area contributed by atoms with Crippen LogP contribution in [0.3, 0.4) is 0 Å². The first-order valence-corrected chi connectivity index (χ1v) is 8.59. The van der Waals surface area contributed by atoms with Crippen molar-refractivity contribution in [1.82, 2.24) is 9.78 Å². The highest BCUT2D eigenvalue weighted by atomic mass is 16.5. The van der Waals surface area contributed by atoms with Crippen LogP contribution in [0.25, 0.3) is 16.9 Å². The molecule has 27 heavy (non-hydrogen) atoms. The molecule has 6 nitrogen and oxygen atoms in total. The first-order chi connectivity index (χ1) is 13.1. The molecule has 3 rings (SSSR count). The number of hydrogen-bond donors (Lipinski definition) is 1. The van der Waals surface area contributed by atoms with Crippen LogP contribution in [0.15, 0.2) is 48.5 Å². The summed E-state index contributed by atoms with van der Waals surface area (Å²) in [5, 5.41) is 23.4. The minimum absolute atomic E-state index is 0.192. The molecule has 0 aliphatic carbocycles. The van der Waals surface area contributed by atoms with Gasteiger partial charge in [0.1, 0.15) is 17.0 Å². The third kappa shape index (κ3) is 3.53. The van der Waals surface area contributed by atoms with Gasteiger partial charge in [-0.25, -0.2) is 9.48 Å². The highest BCUT2D eigenvalue weighted by molar-refractivity contribution is 5.96. The number of benzene rings is 2. The average molecular weight is 361 g/mol. The van der Waals surface area contributed by atoms with Gasteiger partial charge in [-0.3, -0.25) is 0 Å². The SMILES string of the molecule is CCCc1c(C(=O)O)c(-c2ccc(C#N)cc2)nn1-c1ccc(OC)cc1. The van der Waals surface area contributed by atoms with E-state index in [2.05, 4.69) is 11.2 Å². The first kappa shape index (κ1) is 18.2. The molecule has 0 saturated carbocycles. The number of nitrogens with zero attached hydrogens (tertiary/aromatic N) is 3. The van der Waals surface area contributed by atoms with Gasteiger partial charge in [0.2, 0.25) is 0 Å². The summed E-state index contributed by atoms with van der Waals surface area (Å²) < 4.78 is 6.87. The van der Waals surface area contributed by atoms with E-state index >= 15 is 0 Å². The van der Waals surface area contributed by atoms with Gasteiger partial charge in [-0.1, -0.05) is 25.5 Å². The second-order valence-electron chi connectivity index (χ2n) is 6.02. The zero-order valence-corrected chi connectivity index (χ0v) is 15.1. The molecule has 0 aliphatic rings. The topological polar surface area (TPSA) is 88.1 Å². The van der Waals surface area contributed by atoms with Crippen molar-refractivity contribution >= 4 is 5.97 Å². The molecule has 6 heteroatoms. The van der Waals surface area contributed by atoms with E-state index in [-0.39, 0.29) is 5.56 Å². The Labute approximate surface area is 157 Å². The second-order valence-corrected chi connectivity index (χ2v) is 6.02. The largest absolute Gasteiger partial charge is 0.497 e. The van der Waals surface area contributed by atoms with Crippen LogP contribution in [0.4, 0.5) is 0 Å². The number of aromatic nitrogens is 2. The van der Waals surface area contributed by atoms with E-state index in [9.17, 15) is 9.90 Å². The van der Waals surface area contributed by atoms with Crippen molar-refractivity contribution in [2.45, 2.75) is 19.8 Å². The Morgan fingerprint density at radius 1 is 1.19 bits per heavy atom. The maximum Gasteiger partial charge on any atom is 0.339 e. The number of methoxy groups -OCH3 is 1. The molecule has 0 spiro atoms. The Morgan fingerprint density at radius 3 is 2.37 bits per heavy atom. The maximum atomic E-state index is 12.0. The normalized spacial score (nSPS) is 10.4. The summed E-state index contributed by atoms with van der Waals surface area (Å²) in [7, 11) is 1.59. The lowest BCUT2D eigenvalue weighted by atomic mass is 10.0. The Morgan fingerprint density at radius 2 is 1.85 bits per heavy atom. The van der Waals surface area contributed by atoms with E-state index in [4.69, 9.17) is 10.00 Å². The fourth-order valence-electron chi connectivity index (χ4n) is 2.99. The van der Waals surface area contributed by atoms with Gasteiger partial charge < -0.3 is 9.84 Å². The van der Waals surface area contributed by atoms with Gasteiger partial charge >= 0.3 is 5.97 Å². The molecule has 0 saturated heterocycles. The Balaban J connectivity index is 2.20. The minimum atomic E-state index is -1.02. The smallest absolute Gasteiger partial charge is 0.339 e. The number of ether oxygens (including phenoxy) is 1. The Hall–Kier alpha value is -3.59. The predicted octanol–water partition coefficient (Wildman–Crippen LogP) is 4.07. The monoisotopic (exact) mass is 361 g/mol. The molecule has 3 aromatic rings. The summed E-state index contributed by atoms with van der Waals surface area (Å²) in [6.07, 6.45) is 1.37. The summed E-state index contributed by atoms with van der Waals surface area (Å²) in [6, 6.07) is 16.2. The minimum Gasteiger partial charge on any atom is -0.497 e. The molecule has 1 N–H and O–H groups in total. The number of hydrogen-bond acceptors (Lipinski definition) is 4. The zero-order valence-electron chi connectivity index (χ0n) is 15.1. The molecule has 0 fully saturated rings. The average Bonchev–Trinajstić information content (AvgIpc) is 3.08. The van der Waals surface area contributed by atoms with Crippen LogP contribution >= 0.6 is 0 Å². The van der Waals surface area contributed by atoms with E-state index in [1.807, 2.05) is 31.2 Å². The number of aromatic carboxylic acids is 1. The molecule has 0 amide bonds. The summed E-state index contributed by atoms with van der Waals surface area (Å²) in [5.41, 5.74) is 3.18. The fourth-order valence-corrected chi connectivity index (χ4v) is 2.99. The van der Waals surface area contributed by atoms with Gasteiger partial charge in [0.05, 0.1) is 30.1 Å². The van der Waals surface area contributed by atoms with Crippen LogP contribution in [-0.2, 0) is 6.42 Å². The standard InChI is InChI=1S/C21H19N3O3/c1-3-4-18-19(21(25)26)20(15-7-5-14(13-22)6-8-15)23-24(18)16-9-11-17(27-2)12-10-16/h5-12H,3-4H2,1-2H3,(H,25,26). The number of nitriles is 1. The molecule has 0 aliphatic heterocycles. The van der Waals surface area contributed by atoms with Gasteiger partial charge in [-0.15, -0.1) is 0 Å². The number of rotatable bonds is 6. The van der Waals surface area contributed by atoms with Gasteiger partial charge in [-0.05, 0) is 42.8 Å². The number of carbonyl (C=O) groups is 1. The molecule has 1 aromatic heterocycles. The molecule has 136 valence electrons. The van der Waals surface area contributed by atoms with E-state index in [1.165, 1.54) is 0 Å². The van der Waals surface area contributed by atoms with Crippen molar-refractivity contribution in [2.75, 3.05) is 7.11 Å². The summed E-state index contributed by atoms with van der Waals surface area (Å²) in [4.78, 5) is 12.0. The number of carboxylic acid groups (broad SMARTS) is 1. The molecule has 0 atom stereocenters. The van der Waals surface area contributed by atoms with E-state index < -0.39 is 5.97 Å². The Kier molecular flexibility index (Phi) is 5.23. The summed E-state index contributed by atoms with van der Waals surface area (Å²) in [6.45, 7) is 2.00.